The van der Waals surface area contributed by atoms with Gasteiger partial charge in [0, 0.05) is 4.88 Å². The topological polar surface area (TPSA) is 96.5 Å². The second-order valence-corrected chi connectivity index (χ2v) is 9.01. The molecule has 2 aromatic heterocycles. The van der Waals surface area contributed by atoms with Gasteiger partial charge in [0.15, 0.2) is 0 Å². The number of rotatable bonds is 6. The van der Waals surface area contributed by atoms with Crippen molar-refractivity contribution in [3.8, 4) is 11.8 Å². The van der Waals surface area contributed by atoms with Gasteiger partial charge in [-0.25, -0.2) is 0 Å². The van der Waals surface area contributed by atoms with E-state index in [1.54, 1.807) is 16.0 Å². The third-order valence-electron chi connectivity index (χ3n) is 4.87. The minimum atomic E-state index is -0.367. The van der Waals surface area contributed by atoms with Crippen LogP contribution in [0.2, 0.25) is 0 Å². The van der Waals surface area contributed by atoms with Gasteiger partial charge in [0.1, 0.15) is 11.1 Å². The van der Waals surface area contributed by atoms with E-state index in [4.69, 9.17) is 0 Å². The van der Waals surface area contributed by atoms with E-state index in [0.29, 0.717) is 22.1 Å². The van der Waals surface area contributed by atoms with Gasteiger partial charge in [-0.3, -0.25) is 4.79 Å². The number of tetrazole rings is 1. The van der Waals surface area contributed by atoms with Gasteiger partial charge >= 0.3 is 0 Å². The predicted molar refractivity (Wildman–Crippen MR) is 113 cm³/mol. The first-order valence-electron chi connectivity index (χ1n) is 9.57. The molecular weight excluding hydrogens is 404 g/mol. The molecule has 0 unspecified atom stereocenters. The molecule has 1 N–H and O–H groups in total. The van der Waals surface area contributed by atoms with Crippen LogP contribution in [0.1, 0.15) is 42.2 Å². The molecule has 148 valence electrons. The van der Waals surface area contributed by atoms with Crippen LogP contribution < -0.4 is 5.32 Å². The van der Waals surface area contributed by atoms with E-state index in [1.165, 1.54) is 16.6 Å². The van der Waals surface area contributed by atoms with E-state index in [1.807, 2.05) is 37.3 Å². The number of nitriles is 1. The Hall–Kier alpha value is -2.70. The normalized spacial score (nSPS) is 14.1. The molecule has 0 aliphatic heterocycles. The molecule has 0 bridgehead atoms. The summed E-state index contributed by atoms with van der Waals surface area (Å²) in [6, 6.07) is 11.9. The fraction of sp³-hybridized carbons (Fsp3) is 0.350. The molecule has 2 heterocycles. The summed E-state index contributed by atoms with van der Waals surface area (Å²) in [5, 5.41) is 25.4. The summed E-state index contributed by atoms with van der Waals surface area (Å²) in [4.78, 5) is 14.2. The maximum absolute atomic E-state index is 13.0. The number of fused-ring (bicyclic) bond motifs is 1. The third kappa shape index (κ3) is 4.04. The van der Waals surface area contributed by atoms with E-state index in [2.05, 4.69) is 26.9 Å². The number of aromatic nitrogens is 4. The van der Waals surface area contributed by atoms with Crippen molar-refractivity contribution in [3.05, 3.63) is 46.3 Å². The number of benzene rings is 1. The highest BCUT2D eigenvalue weighted by atomic mass is 32.2. The molecule has 0 spiro atoms. The minimum absolute atomic E-state index is 0.129. The van der Waals surface area contributed by atoms with Crippen LogP contribution in [-0.2, 0) is 17.6 Å². The van der Waals surface area contributed by atoms with Crippen molar-refractivity contribution < 1.29 is 4.79 Å². The van der Waals surface area contributed by atoms with Crippen LogP contribution in [-0.4, -0.2) is 31.4 Å². The van der Waals surface area contributed by atoms with Crippen molar-refractivity contribution in [3.63, 3.8) is 0 Å². The molecule has 0 saturated heterocycles. The van der Waals surface area contributed by atoms with Gasteiger partial charge < -0.3 is 5.32 Å². The van der Waals surface area contributed by atoms with E-state index in [0.717, 1.165) is 36.9 Å². The number of thioether (sulfide) groups is 1. The first kappa shape index (κ1) is 19.6. The average Bonchev–Trinajstić information content (AvgIpc) is 3.36. The summed E-state index contributed by atoms with van der Waals surface area (Å²) < 4.78 is 1.63. The van der Waals surface area contributed by atoms with E-state index >= 15 is 0 Å². The van der Waals surface area contributed by atoms with Gasteiger partial charge in [0.25, 0.3) is 0 Å². The summed E-state index contributed by atoms with van der Waals surface area (Å²) in [6.07, 6.45) is 4.76. The van der Waals surface area contributed by atoms with Gasteiger partial charge in [-0.15, -0.1) is 16.4 Å². The zero-order valence-corrected chi connectivity index (χ0v) is 17.6. The van der Waals surface area contributed by atoms with Gasteiger partial charge in [-0.05, 0) is 60.2 Å². The van der Waals surface area contributed by atoms with Crippen LogP contribution in [0.5, 0.6) is 0 Å². The molecule has 1 aromatic carbocycles. The number of amides is 1. The lowest BCUT2D eigenvalue weighted by molar-refractivity contribution is -0.115. The number of carbonyl (C=O) groups is 1. The molecule has 9 heteroatoms. The highest BCUT2D eigenvalue weighted by Gasteiger charge is 2.26. The van der Waals surface area contributed by atoms with Crippen molar-refractivity contribution in [1.29, 1.82) is 5.26 Å². The third-order valence-corrected chi connectivity index (χ3v) is 7.38. The Balaban J connectivity index is 1.53. The highest BCUT2D eigenvalue weighted by molar-refractivity contribution is 8.00. The van der Waals surface area contributed by atoms with Crippen molar-refractivity contribution >= 4 is 34.0 Å². The van der Waals surface area contributed by atoms with Crippen LogP contribution in [0.25, 0.3) is 5.69 Å². The Bertz CT molecular complexity index is 1050. The number of aryl methyl sites for hydroxylation is 1. The number of hydrogen-bond acceptors (Lipinski definition) is 7. The largest absolute Gasteiger partial charge is 0.316 e. The van der Waals surface area contributed by atoms with Crippen molar-refractivity contribution in [1.82, 2.24) is 20.2 Å². The standard InChI is InChI=1S/C20H20N6OS2/c1-2-16(29-20-23-24-25-26(20)13-8-4-3-5-9-13)18(27)22-19-15(12-21)14-10-6-7-11-17(14)28-19/h3-5,8-9,16H,2,6-7,10-11H2,1H3,(H,22,27)/t16-/m1/s1. The quantitative estimate of drug-likeness (QED) is 0.601. The van der Waals surface area contributed by atoms with E-state index < -0.39 is 0 Å². The summed E-state index contributed by atoms with van der Waals surface area (Å²) in [7, 11) is 0. The van der Waals surface area contributed by atoms with Crippen LogP contribution >= 0.6 is 23.1 Å². The number of carbonyl (C=O) groups excluding carboxylic acids is 1. The lowest BCUT2D eigenvalue weighted by atomic mass is 9.96. The average molecular weight is 425 g/mol. The Morgan fingerprint density at radius 3 is 2.90 bits per heavy atom. The maximum Gasteiger partial charge on any atom is 0.238 e. The van der Waals surface area contributed by atoms with Gasteiger partial charge in [-0.1, -0.05) is 36.9 Å². The zero-order valence-electron chi connectivity index (χ0n) is 16.0. The van der Waals surface area contributed by atoms with Crippen LogP contribution in [0.3, 0.4) is 0 Å². The number of thiophene rings is 1. The zero-order chi connectivity index (χ0) is 20.2. The molecule has 29 heavy (non-hydrogen) atoms. The number of hydrogen-bond donors (Lipinski definition) is 1. The summed E-state index contributed by atoms with van der Waals surface area (Å²) in [5.41, 5.74) is 2.59. The maximum atomic E-state index is 13.0. The molecule has 1 aliphatic carbocycles. The molecule has 3 aromatic rings. The molecule has 1 aliphatic rings. The van der Waals surface area contributed by atoms with Gasteiger partial charge in [0.2, 0.25) is 11.1 Å². The first-order valence-corrected chi connectivity index (χ1v) is 11.3. The SMILES string of the molecule is CC[C@@H](Sc1nnnn1-c1ccccc1)C(=O)Nc1sc2c(c1C#N)CCCC2. The highest BCUT2D eigenvalue weighted by Crippen LogP contribution is 2.38. The monoisotopic (exact) mass is 424 g/mol. The van der Waals surface area contributed by atoms with Crippen LogP contribution in [0.15, 0.2) is 35.5 Å². The lowest BCUT2D eigenvalue weighted by Crippen LogP contribution is -2.25. The molecule has 0 saturated carbocycles. The molecule has 7 nitrogen and oxygen atoms in total. The lowest BCUT2D eigenvalue weighted by Gasteiger charge is -2.13. The second kappa shape index (κ2) is 8.76. The second-order valence-electron chi connectivity index (χ2n) is 6.74. The van der Waals surface area contributed by atoms with Gasteiger partial charge in [-0.2, -0.15) is 9.94 Å². The molecular formula is C20H20N6OS2. The fourth-order valence-corrected chi connectivity index (χ4v) is 5.55. The fourth-order valence-electron chi connectivity index (χ4n) is 3.40. The number of nitrogens with zero attached hydrogens (tertiary/aromatic N) is 5. The first-order chi connectivity index (χ1) is 14.2. The number of anilines is 1. The molecule has 4 rings (SSSR count). The summed E-state index contributed by atoms with van der Waals surface area (Å²) in [6.45, 7) is 1.96. The Labute approximate surface area is 177 Å². The molecule has 1 amide bonds. The van der Waals surface area contributed by atoms with Crippen molar-refractivity contribution in [2.45, 2.75) is 49.4 Å². The molecule has 1 atom stereocenters. The van der Waals surface area contributed by atoms with Crippen LogP contribution in [0, 0.1) is 11.3 Å². The molecule has 0 fully saturated rings. The Morgan fingerprint density at radius 1 is 1.34 bits per heavy atom. The van der Waals surface area contributed by atoms with Crippen LogP contribution in [0.4, 0.5) is 5.00 Å². The predicted octanol–water partition coefficient (Wildman–Crippen LogP) is 3.98. The van der Waals surface area contributed by atoms with Gasteiger partial charge in [0.05, 0.1) is 16.5 Å². The number of para-hydroxylation sites is 1. The summed E-state index contributed by atoms with van der Waals surface area (Å²) >= 11 is 2.87. The Kier molecular flexibility index (Phi) is 5.92. The summed E-state index contributed by atoms with van der Waals surface area (Å²) in [5.74, 6) is -0.129. The number of nitrogens with one attached hydrogen (secondary N) is 1. The van der Waals surface area contributed by atoms with E-state index in [-0.39, 0.29) is 11.2 Å². The minimum Gasteiger partial charge on any atom is -0.316 e. The Morgan fingerprint density at radius 2 is 2.14 bits per heavy atom. The van der Waals surface area contributed by atoms with Crippen molar-refractivity contribution in [2.24, 2.45) is 0 Å². The smallest absolute Gasteiger partial charge is 0.238 e. The molecule has 0 radical (unpaired) electrons. The van der Waals surface area contributed by atoms with Crippen molar-refractivity contribution in [2.75, 3.05) is 5.32 Å². The van der Waals surface area contributed by atoms with E-state index in [9.17, 15) is 10.1 Å².